The van der Waals surface area contributed by atoms with E-state index >= 15 is 0 Å². The lowest BCUT2D eigenvalue weighted by molar-refractivity contribution is -0.145. The average Bonchev–Trinajstić information content (AvgIpc) is 3.29. The number of nitrogen functional groups attached to an aromatic ring is 1. The van der Waals surface area contributed by atoms with Crippen LogP contribution in [-0.2, 0) is 46.9 Å². The first-order valence-electron chi connectivity index (χ1n) is 19.7. The molecule has 3 atom stereocenters. The normalized spacial score (nSPS) is 16.1. The molecule has 0 saturated carbocycles. The largest absolute Gasteiger partial charge is 0.489 e. The molecule has 308 valence electrons. The third-order valence-corrected chi connectivity index (χ3v) is 11.6. The first kappa shape index (κ1) is 41.2. The van der Waals surface area contributed by atoms with Gasteiger partial charge in [0.15, 0.2) is 17.6 Å². The minimum absolute atomic E-state index is 0.228. The van der Waals surface area contributed by atoms with E-state index in [9.17, 15) is 9.59 Å². The fourth-order valence-electron chi connectivity index (χ4n) is 7.54. The summed E-state index contributed by atoms with van der Waals surface area (Å²) in [7, 11) is 1.31. The Bertz CT molecular complexity index is 2580. The summed E-state index contributed by atoms with van der Waals surface area (Å²) in [4.78, 5) is 33.8. The van der Waals surface area contributed by atoms with Crippen LogP contribution in [0.5, 0.6) is 17.2 Å². The molecule has 5 aromatic carbocycles. The topological polar surface area (TPSA) is 149 Å². The van der Waals surface area contributed by atoms with Crippen LogP contribution in [0.25, 0.3) is 11.1 Å². The number of pyridine rings is 1. The van der Waals surface area contributed by atoms with Gasteiger partial charge >= 0.3 is 5.97 Å². The minimum Gasteiger partial charge on any atom is -0.489 e. The van der Waals surface area contributed by atoms with E-state index in [0.717, 1.165) is 44.5 Å². The number of esters is 1. The number of nitrogens with zero attached hydrogens (tertiary/aromatic N) is 3. The lowest BCUT2D eigenvalue weighted by Crippen LogP contribution is -2.54. The highest BCUT2D eigenvalue weighted by molar-refractivity contribution is 6.42. The van der Waals surface area contributed by atoms with Gasteiger partial charge in [0, 0.05) is 25.7 Å². The molecule has 3 N–H and O–H groups in total. The summed E-state index contributed by atoms with van der Waals surface area (Å²) in [5.74, 6) is 1.46. The van der Waals surface area contributed by atoms with Crippen LogP contribution in [-0.4, -0.2) is 47.6 Å². The fourth-order valence-corrected chi connectivity index (χ4v) is 7.86. The number of carbonyl (C=O) groups excluding carboxylic acids is 2. The summed E-state index contributed by atoms with van der Waals surface area (Å²) in [6.07, 6.45) is 1.94. The number of nitrogens with two attached hydrogens (primary N) is 1. The lowest BCUT2D eigenvalue weighted by atomic mass is 9.91. The molecule has 11 nitrogen and oxygen atoms in total. The second-order valence-electron chi connectivity index (χ2n) is 15.0. The van der Waals surface area contributed by atoms with Crippen LogP contribution in [0.3, 0.4) is 0 Å². The molecule has 1 amide bonds. The Morgan fingerprint density at radius 1 is 0.885 bits per heavy atom. The second kappa shape index (κ2) is 18.4. The van der Waals surface area contributed by atoms with Gasteiger partial charge in [0.25, 0.3) is 0 Å². The number of nitrogens with one attached hydrogen (secondary N) is 1. The quantitative estimate of drug-likeness (QED) is 0.115. The van der Waals surface area contributed by atoms with Gasteiger partial charge in [-0.1, -0.05) is 83.9 Å². The van der Waals surface area contributed by atoms with Crippen LogP contribution < -0.4 is 25.3 Å². The highest BCUT2D eigenvalue weighted by Gasteiger charge is 2.36. The van der Waals surface area contributed by atoms with Crippen LogP contribution >= 0.6 is 23.2 Å². The van der Waals surface area contributed by atoms with Gasteiger partial charge in [0.2, 0.25) is 5.91 Å². The van der Waals surface area contributed by atoms with Gasteiger partial charge in [-0.2, -0.15) is 5.26 Å². The molecule has 0 spiro atoms. The van der Waals surface area contributed by atoms with Crippen LogP contribution in [0, 0.1) is 11.3 Å². The number of amides is 1. The van der Waals surface area contributed by atoms with Crippen molar-refractivity contribution >= 4 is 40.9 Å². The summed E-state index contributed by atoms with van der Waals surface area (Å²) >= 11 is 12.2. The van der Waals surface area contributed by atoms with Crippen molar-refractivity contribution in [2.45, 2.75) is 50.7 Å². The molecule has 2 aliphatic heterocycles. The lowest BCUT2D eigenvalue weighted by Gasteiger charge is -2.37. The number of aromatic nitrogens is 1. The zero-order chi connectivity index (χ0) is 42.5. The molecule has 0 bridgehead atoms. The molecule has 3 unspecified atom stereocenters. The van der Waals surface area contributed by atoms with E-state index in [2.05, 4.69) is 21.3 Å². The van der Waals surface area contributed by atoms with Gasteiger partial charge in [-0.25, -0.2) is 9.78 Å². The molecule has 0 saturated heterocycles. The van der Waals surface area contributed by atoms with E-state index < -0.39 is 18.1 Å². The zero-order valence-corrected chi connectivity index (χ0v) is 34.7. The van der Waals surface area contributed by atoms with Crippen molar-refractivity contribution < 1.29 is 28.5 Å². The molecule has 2 aliphatic rings. The van der Waals surface area contributed by atoms with Gasteiger partial charge in [-0.05, 0) is 106 Å². The SMILES string of the molecule is COC(=O)C(Cc1ccc(-c2ccc(C#N)cc2)cc1)NC(=O)C1Cc2cc3c(cc2CN1Cc1ccc(N)nc1)OC(c1ccc(OCc2ccc(Cl)c(Cl)c2)cc1)CO3. The molecule has 8 rings (SSSR count). The first-order valence-corrected chi connectivity index (χ1v) is 20.4. The van der Waals surface area contributed by atoms with Crippen molar-refractivity contribution in [3.63, 3.8) is 0 Å². The van der Waals surface area contributed by atoms with Crippen LogP contribution in [0.4, 0.5) is 5.82 Å². The Balaban J connectivity index is 0.973. The summed E-state index contributed by atoms with van der Waals surface area (Å²) < 4.78 is 23.9. The maximum atomic E-state index is 14.3. The number of hydrogen-bond acceptors (Lipinski definition) is 10. The van der Waals surface area contributed by atoms with Gasteiger partial charge in [-0.3, -0.25) is 9.69 Å². The number of fused-ring (bicyclic) bond motifs is 2. The third-order valence-electron chi connectivity index (χ3n) is 10.9. The van der Waals surface area contributed by atoms with Gasteiger partial charge in [-0.15, -0.1) is 0 Å². The number of methoxy groups -OCH3 is 1. The van der Waals surface area contributed by atoms with Crippen molar-refractivity contribution in [2.24, 2.45) is 0 Å². The smallest absolute Gasteiger partial charge is 0.328 e. The minimum atomic E-state index is -0.930. The Labute approximate surface area is 363 Å². The maximum Gasteiger partial charge on any atom is 0.328 e. The molecular formula is C48H41Cl2N5O6. The zero-order valence-electron chi connectivity index (χ0n) is 33.1. The summed E-state index contributed by atoms with van der Waals surface area (Å²) in [6.45, 7) is 1.46. The van der Waals surface area contributed by atoms with Gasteiger partial charge in [0.1, 0.15) is 30.8 Å². The van der Waals surface area contributed by atoms with Crippen LogP contribution in [0.1, 0.15) is 45.0 Å². The van der Waals surface area contributed by atoms with Crippen molar-refractivity contribution in [3.05, 3.63) is 170 Å². The number of anilines is 1. The Morgan fingerprint density at radius 2 is 1.59 bits per heavy atom. The fraction of sp³-hybridized carbons (Fsp3) is 0.208. The molecule has 3 heterocycles. The average molecular weight is 855 g/mol. The van der Waals surface area contributed by atoms with E-state index in [-0.39, 0.29) is 18.4 Å². The van der Waals surface area contributed by atoms with E-state index in [1.807, 2.05) is 84.9 Å². The maximum absolute atomic E-state index is 14.3. The molecule has 0 fully saturated rings. The summed E-state index contributed by atoms with van der Waals surface area (Å²) in [5.41, 5.74) is 13.9. The summed E-state index contributed by atoms with van der Waals surface area (Å²) in [5, 5.41) is 13.1. The van der Waals surface area contributed by atoms with E-state index in [0.29, 0.717) is 71.4 Å². The van der Waals surface area contributed by atoms with E-state index in [1.165, 1.54) is 7.11 Å². The highest BCUT2D eigenvalue weighted by atomic mass is 35.5. The second-order valence-corrected chi connectivity index (χ2v) is 15.8. The first-order chi connectivity index (χ1) is 29.6. The molecule has 0 aliphatic carbocycles. The molecule has 61 heavy (non-hydrogen) atoms. The van der Waals surface area contributed by atoms with Crippen LogP contribution in [0.2, 0.25) is 10.0 Å². The highest BCUT2D eigenvalue weighted by Crippen LogP contribution is 2.41. The Kier molecular flexibility index (Phi) is 12.4. The number of halogens is 2. The third kappa shape index (κ3) is 9.74. The number of ether oxygens (including phenoxy) is 4. The van der Waals surface area contributed by atoms with E-state index in [4.69, 9.17) is 53.1 Å². The van der Waals surface area contributed by atoms with Gasteiger partial charge < -0.3 is 30.0 Å². The molecule has 0 radical (unpaired) electrons. The van der Waals surface area contributed by atoms with Crippen LogP contribution in [0.15, 0.2) is 121 Å². The predicted octanol–water partition coefficient (Wildman–Crippen LogP) is 8.43. The monoisotopic (exact) mass is 853 g/mol. The molecular weight excluding hydrogens is 813 g/mol. The van der Waals surface area contributed by atoms with Crippen molar-refractivity contribution in [3.8, 4) is 34.4 Å². The van der Waals surface area contributed by atoms with Crippen molar-refractivity contribution in [1.29, 1.82) is 5.26 Å². The van der Waals surface area contributed by atoms with Crippen molar-refractivity contribution in [2.75, 3.05) is 19.5 Å². The Hall–Kier alpha value is -6.58. The molecule has 6 aromatic rings. The van der Waals surface area contributed by atoms with E-state index in [1.54, 1.807) is 36.5 Å². The number of benzene rings is 5. The number of carbonyl (C=O) groups is 2. The van der Waals surface area contributed by atoms with Crippen molar-refractivity contribution in [1.82, 2.24) is 15.2 Å². The Morgan fingerprint density at radius 3 is 2.28 bits per heavy atom. The summed E-state index contributed by atoms with van der Waals surface area (Å²) in [6, 6.07) is 36.4. The predicted molar refractivity (Wildman–Crippen MR) is 232 cm³/mol. The molecule has 13 heteroatoms. The van der Waals surface area contributed by atoms with Gasteiger partial charge in [0.05, 0.1) is 34.8 Å². The number of rotatable bonds is 12. The number of hydrogen-bond donors (Lipinski definition) is 2. The number of nitriles is 1. The molecule has 1 aromatic heterocycles. The standard InChI is InChI=1S/C48H41Cl2N5O6/c1-58-48(57)41(19-29-2-8-33(9-3-29)34-10-4-30(23-51)5-11-34)54-47(56)42-20-36-21-43-44(22-37(36)26-55(42)25-32-7-17-46(52)53-24-32)61-45(28-60-43)35-12-14-38(15-13-35)59-27-31-6-16-39(49)40(50)18-31/h2-18,21-22,24,41-42,45H,19-20,25-28H2,1H3,(H2,52,53)(H,54,56).